The van der Waals surface area contributed by atoms with Crippen molar-refractivity contribution in [2.75, 3.05) is 12.4 Å². The Hall–Kier alpha value is -2.41. The van der Waals surface area contributed by atoms with Crippen molar-refractivity contribution < 1.29 is 9.13 Å². The molecule has 5 nitrogen and oxygen atoms in total. The molecule has 0 bridgehead atoms. The molecule has 3 rings (SSSR count). The largest absolute Gasteiger partial charge is 0.495 e. The number of nitrogens with one attached hydrogen (secondary N) is 1. The van der Waals surface area contributed by atoms with Crippen LogP contribution in [0.2, 0.25) is 0 Å². The van der Waals surface area contributed by atoms with E-state index in [2.05, 4.69) is 31.3 Å². The number of rotatable bonds is 5. The fourth-order valence-electron chi connectivity index (χ4n) is 2.19. The quantitative estimate of drug-likeness (QED) is 0.735. The molecule has 0 radical (unpaired) electrons. The zero-order valence-electron chi connectivity index (χ0n) is 12.3. The second-order valence-electron chi connectivity index (χ2n) is 4.74. The van der Waals surface area contributed by atoms with Gasteiger partial charge in [0.05, 0.1) is 11.6 Å². The minimum absolute atomic E-state index is 0.167. The molecule has 0 aliphatic carbocycles. The molecule has 0 saturated heterocycles. The zero-order valence-corrected chi connectivity index (χ0v) is 13.9. The molecule has 118 valence electrons. The van der Waals surface area contributed by atoms with Gasteiger partial charge in [-0.2, -0.15) is 0 Å². The van der Waals surface area contributed by atoms with Crippen LogP contribution in [0.25, 0.3) is 5.82 Å². The van der Waals surface area contributed by atoms with E-state index >= 15 is 0 Å². The lowest BCUT2D eigenvalue weighted by molar-refractivity contribution is 0.407. The van der Waals surface area contributed by atoms with E-state index in [0.717, 1.165) is 15.8 Å². The van der Waals surface area contributed by atoms with Gasteiger partial charge in [0.25, 0.3) is 0 Å². The van der Waals surface area contributed by atoms with Crippen LogP contribution < -0.4 is 10.1 Å². The van der Waals surface area contributed by atoms with Crippen molar-refractivity contribution in [1.82, 2.24) is 14.8 Å². The van der Waals surface area contributed by atoms with Crippen LogP contribution in [0.4, 0.5) is 10.2 Å². The number of nitrogens with zero attached hydrogens (tertiary/aromatic N) is 3. The molecule has 2 heterocycles. The standard InChI is InChI=1S/C16H14BrFN4O/c1-23-15-11(4-2-5-12(15)17)10-20-14-7-9-22(21-14)16-13(18)6-3-8-19-16/h2-9H,10H2,1H3,(H,20,21). The molecule has 23 heavy (non-hydrogen) atoms. The van der Waals surface area contributed by atoms with Gasteiger partial charge in [-0.05, 0) is 34.1 Å². The predicted octanol–water partition coefficient (Wildman–Crippen LogP) is 3.79. The molecule has 0 unspecified atom stereocenters. The SMILES string of the molecule is COc1c(Br)cccc1CNc1ccn(-c2ncccc2F)n1. The van der Waals surface area contributed by atoms with E-state index in [1.165, 1.54) is 16.9 Å². The summed E-state index contributed by atoms with van der Waals surface area (Å²) in [4.78, 5) is 3.99. The lowest BCUT2D eigenvalue weighted by Crippen LogP contribution is -2.05. The van der Waals surface area contributed by atoms with Gasteiger partial charge in [-0.1, -0.05) is 12.1 Å². The molecule has 3 aromatic rings. The van der Waals surface area contributed by atoms with Crippen molar-refractivity contribution in [2.45, 2.75) is 6.54 Å². The van der Waals surface area contributed by atoms with Gasteiger partial charge in [-0.3, -0.25) is 0 Å². The highest BCUT2D eigenvalue weighted by atomic mass is 79.9. The first-order valence-electron chi connectivity index (χ1n) is 6.91. The summed E-state index contributed by atoms with van der Waals surface area (Å²) in [6.07, 6.45) is 3.19. The summed E-state index contributed by atoms with van der Waals surface area (Å²) in [5.41, 5.74) is 0.987. The second-order valence-corrected chi connectivity index (χ2v) is 5.59. The third kappa shape index (κ3) is 3.34. The van der Waals surface area contributed by atoms with E-state index in [9.17, 15) is 4.39 Å². The fraction of sp³-hybridized carbons (Fsp3) is 0.125. The van der Waals surface area contributed by atoms with Gasteiger partial charge < -0.3 is 10.1 Å². The van der Waals surface area contributed by atoms with Crippen LogP contribution in [0.1, 0.15) is 5.56 Å². The van der Waals surface area contributed by atoms with Crippen molar-refractivity contribution in [3.05, 3.63) is 64.6 Å². The summed E-state index contributed by atoms with van der Waals surface area (Å²) in [6.45, 7) is 0.532. The van der Waals surface area contributed by atoms with Gasteiger partial charge in [0.1, 0.15) is 11.6 Å². The highest BCUT2D eigenvalue weighted by Gasteiger charge is 2.09. The van der Waals surface area contributed by atoms with Crippen LogP contribution >= 0.6 is 15.9 Å². The third-order valence-corrected chi connectivity index (χ3v) is 3.88. The van der Waals surface area contributed by atoms with Crippen LogP contribution in [-0.2, 0) is 6.54 Å². The number of anilines is 1. The first-order chi connectivity index (χ1) is 11.2. The highest BCUT2D eigenvalue weighted by Crippen LogP contribution is 2.29. The topological polar surface area (TPSA) is 52.0 Å². The summed E-state index contributed by atoms with van der Waals surface area (Å²) in [5.74, 6) is 1.14. The van der Waals surface area contributed by atoms with Crippen molar-refractivity contribution in [2.24, 2.45) is 0 Å². The number of ether oxygens (including phenoxy) is 1. The minimum atomic E-state index is -0.421. The Labute approximate surface area is 141 Å². The number of methoxy groups -OCH3 is 1. The van der Waals surface area contributed by atoms with E-state index in [1.807, 2.05) is 18.2 Å². The number of halogens is 2. The van der Waals surface area contributed by atoms with Gasteiger partial charge in [0.2, 0.25) is 0 Å². The van der Waals surface area contributed by atoms with Crippen molar-refractivity contribution in [1.29, 1.82) is 0 Å². The van der Waals surface area contributed by atoms with E-state index in [-0.39, 0.29) is 5.82 Å². The Morgan fingerprint density at radius 3 is 2.91 bits per heavy atom. The Balaban J connectivity index is 1.76. The normalized spacial score (nSPS) is 10.6. The Morgan fingerprint density at radius 1 is 1.26 bits per heavy atom. The second kappa shape index (κ2) is 6.78. The Morgan fingerprint density at radius 2 is 2.13 bits per heavy atom. The molecule has 0 amide bonds. The maximum absolute atomic E-state index is 13.7. The third-order valence-electron chi connectivity index (χ3n) is 3.26. The molecule has 2 aromatic heterocycles. The number of hydrogen-bond acceptors (Lipinski definition) is 4. The zero-order chi connectivity index (χ0) is 16.2. The summed E-state index contributed by atoms with van der Waals surface area (Å²) in [6, 6.07) is 10.5. The molecule has 0 spiro atoms. The predicted molar refractivity (Wildman–Crippen MR) is 89.3 cm³/mol. The minimum Gasteiger partial charge on any atom is -0.495 e. The lowest BCUT2D eigenvalue weighted by atomic mass is 10.2. The van der Waals surface area contributed by atoms with E-state index in [1.54, 1.807) is 25.4 Å². The molecular formula is C16H14BrFN4O. The average molecular weight is 377 g/mol. The number of hydrogen-bond donors (Lipinski definition) is 1. The molecular weight excluding hydrogens is 363 g/mol. The van der Waals surface area contributed by atoms with Crippen LogP contribution in [0.5, 0.6) is 5.75 Å². The van der Waals surface area contributed by atoms with Crippen LogP contribution in [-0.4, -0.2) is 21.9 Å². The maximum Gasteiger partial charge on any atom is 0.189 e. The molecule has 0 aliphatic heterocycles. The molecule has 0 atom stereocenters. The summed E-state index contributed by atoms with van der Waals surface area (Å²) >= 11 is 3.45. The molecule has 1 aromatic carbocycles. The van der Waals surface area contributed by atoms with Crippen molar-refractivity contribution in [3.8, 4) is 11.6 Å². The van der Waals surface area contributed by atoms with Gasteiger partial charge >= 0.3 is 0 Å². The monoisotopic (exact) mass is 376 g/mol. The fourth-order valence-corrected chi connectivity index (χ4v) is 2.76. The van der Waals surface area contributed by atoms with Gasteiger partial charge in [-0.25, -0.2) is 14.1 Å². The van der Waals surface area contributed by atoms with Gasteiger partial charge in [0.15, 0.2) is 11.6 Å². The van der Waals surface area contributed by atoms with E-state index in [0.29, 0.717) is 12.4 Å². The van der Waals surface area contributed by atoms with E-state index in [4.69, 9.17) is 4.74 Å². The number of para-hydroxylation sites is 1. The van der Waals surface area contributed by atoms with E-state index < -0.39 is 5.82 Å². The molecule has 0 saturated carbocycles. The average Bonchev–Trinajstić information content (AvgIpc) is 3.02. The Kier molecular flexibility index (Phi) is 4.57. The first-order valence-corrected chi connectivity index (χ1v) is 7.70. The van der Waals surface area contributed by atoms with Crippen LogP contribution in [0.3, 0.4) is 0 Å². The highest BCUT2D eigenvalue weighted by molar-refractivity contribution is 9.10. The maximum atomic E-state index is 13.7. The summed E-state index contributed by atoms with van der Waals surface area (Å²) in [5, 5.41) is 7.47. The van der Waals surface area contributed by atoms with Crippen molar-refractivity contribution >= 4 is 21.7 Å². The Bertz CT molecular complexity index is 821. The number of benzene rings is 1. The molecule has 0 aliphatic rings. The lowest BCUT2D eigenvalue weighted by Gasteiger charge is -2.10. The van der Waals surface area contributed by atoms with Crippen LogP contribution in [0.15, 0.2) is 53.3 Å². The molecule has 1 N–H and O–H groups in total. The molecule has 7 heteroatoms. The van der Waals surface area contributed by atoms with Crippen LogP contribution in [0, 0.1) is 5.82 Å². The first kappa shape index (κ1) is 15.5. The van der Waals surface area contributed by atoms with Gasteiger partial charge in [-0.15, -0.1) is 5.10 Å². The molecule has 0 fully saturated rings. The smallest absolute Gasteiger partial charge is 0.189 e. The number of aromatic nitrogens is 3. The van der Waals surface area contributed by atoms with Gasteiger partial charge in [0, 0.05) is 30.6 Å². The van der Waals surface area contributed by atoms with Crippen molar-refractivity contribution in [3.63, 3.8) is 0 Å². The summed E-state index contributed by atoms with van der Waals surface area (Å²) in [7, 11) is 1.63. The number of pyridine rings is 1. The summed E-state index contributed by atoms with van der Waals surface area (Å²) < 4.78 is 21.4.